The molecule has 0 bridgehead atoms. The fourth-order valence-corrected chi connectivity index (χ4v) is 4.14. The van der Waals surface area contributed by atoms with Crippen LogP contribution in [0, 0.1) is 6.92 Å². The van der Waals surface area contributed by atoms with Crippen LogP contribution < -0.4 is 10.1 Å². The molecule has 0 atom stereocenters. The van der Waals surface area contributed by atoms with Gasteiger partial charge in [-0.2, -0.15) is 0 Å². The summed E-state index contributed by atoms with van der Waals surface area (Å²) in [6.07, 6.45) is 2.25. The molecular formula is C21H30N2O2S. The molecule has 4 nitrogen and oxygen atoms in total. The van der Waals surface area contributed by atoms with Gasteiger partial charge in [0.1, 0.15) is 12.4 Å². The molecule has 3 rings (SSSR count). The molecule has 1 aliphatic rings. The van der Waals surface area contributed by atoms with Crippen LogP contribution in [0.5, 0.6) is 5.75 Å². The van der Waals surface area contributed by atoms with Crippen molar-refractivity contribution >= 4 is 11.3 Å². The zero-order valence-electron chi connectivity index (χ0n) is 15.9. The Morgan fingerprint density at radius 1 is 1.23 bits per heavy atom. The van der Waals surface area contributed by atoms with Crippen molar-refractivity contribution in [3.63, 3.8) is 0 Å². The van der Waals surface area contributed by atoms with E-state index in [0.717, 1.165) is 58.0 Å². The third kappa shape index (κ3) is 5.81. The van der Waals surface area contributed by atoms with Crippen LogP contribution in [0.25, 0.3) is 0 Å². The van der Waals surface area contributed by atoms with Crippen LogP contribution in [-0.4, -0.2) is 44.4 Å². The molecule has 0 saturated carbocycles. The van der Waals surface area contributed by atoms with E-state index in [1.807, 2.05) is 17.4 Å². The first kappa shape index (κ1) is 19.4. The molecule has 0 spiro atoms. The van der Waals surface area contributed by atoms with Crippen molar-refractivity contribution in [2.45, 2.75) is 38.9 Å². The lowest BCUT2D eigenvalue weighted by Crippen LogP contribution is -2.38. The van der Waals surface area contributed by atoms with Gasteiger partial charge >= 0.3 is 0 Å². The Kier molecular flexibility index (Phi) is 7.50. The summed E-state index contributed by atoms with van der Waals surface area (Å²) in [4.78, 5) is 3.81. The van der Waals surface area contributed by atoms with Crippen LogP contribution in [-0.2, 0) is 17.8 Å². The number of thiophene rings is 1. The molecule has 1 aliphatic heterocycles. The number of nitrogens with one attached hydrogen (secondary N) is 1. The molecule has 2 aromatic rings. The highest BCUT2D eigenvalue weighted by Crippen LogP contribution is 2.17. The van der Waals surface area contributed by atoms with E-state index < -0.39 is 0 Å². The van der Waals surface area contributed by atoms with Gasteiger partial charge in [0.25, 0.3) is 0 Å². The van der Waals surface area contributed by atoms with Crippen LogP contribution in [0.2, 0.25) is 0 Å². The summed E-state index contributed by atoms with van der Waals surface area (Å²) in [6, 6.07) is 11.2. The van der Waals surface area contributed by atoms with Crippen molar-refractivity contribution in [1.82, 2.24) is 10.2 Å². The summed E-state index contributed by atoms with van der Waals surface area (Å²) < 4.78 is 11.4. The van der Waals surface area contributed by atoms with Crippen LogP contribution in [0.15, 0.2) is 35.7 Å². The van der Waals surface area contributed by atoms with Gasteiger partial charge in [-0.3, -0.25) is 4.90 Å². The third-order valence-electron chi connectivity index (χ3n) is 5.01. The molecule has 0 aliphatic carbocycles. The highest BCUT2D eigenvalue weighted by molar-refractivity contribution is 7.10. The highest BCUT2D eigenvalue weighted by atomic mass is 32.1. The van der Waals surface area contributed by atoms with Crippen molar-refractivity contribution in [2.75, 3.05) is 33.4 Å². The lowest BCUT2D eigenvalue weighted by Gasteiger charge is -2.31. The standard InChI is InChI=1S/C21H30N2O2S/c1-17-8-13-26-21(17)16-22-15-18-4-3-5-20(14-18)25-12-9-23(2)19-6-10-24-11-7-19/h3-5,8,13-14,19,22H,6-7,9-12,15-16H2,1-2H3. The van der Waals surface area contributed by atoms with Gasteiger partial charge in [0.15, 0.2) is 0 Å². The Hall–Kier alpha value is -1.40. The molecule has 0 radical (unpaired) electrons. The summed E-state index contributed by atoms with van der Waals surface area (Å²) >= 11 is 1.81. The minimum Gasteiger partial charge on any atom is -0.492 e. The van der Waals surface area contributed by atoms with Crippen LogP contribution in [0.3, 0.4) is 0 Å². The SMILES string of the molecule is Cc1ccsc1CNCc1cccc(OCCN(C)C2CCOCC2)c1. The van der Waals surface area contributed by atoms with E-state index >= 15 is 0 Å². The first-order valence-electron chi connectivity index (χ1n) is 9.46. The Bertz CT molecular complexity index is 668. The summed E-state index contributed by atoms with van der Waals surface area (Å²) in [7, 11) is 2.19. The maximum atomic E-state index is 5.98. The van der Waals surface area contributed by atoms with Crippen LogP contribution in [0.4, 0.5) is 0 Å². The van der Waals surface area contributed by atoms with Crippen molar-refractivity contribution in [2.24, 2.45) is 0 Å². The van der Waals surface area contributed by atoms with E-state index in [1.54, 1.807) is 0 Å². The van der Waals surface area contributed by atoms with Gasteiger partial charge in [0.05, 0.1) is 0 Å². The fourth-order valence-electron chi connectivity index (χ4n) is 3.27. The highest BCUT2D eigenvalue weighted by Gasteiger charge is 2.17. The normalized spacial score (nSPS) is 15.5. The predicted molar refractivity (Wildman–Crippen MR) is 108 cm³/mol. The third-order valence-corrected chi connectivity index (χ3v) is 6.03. The van der Waals surface area contributed by atoms with Crippen molar-refractivity contribution < 1.29 is 9.47 Å². The lowest BCUT2D eigenvalue weighted by molar-refractivity contribution is 0.0392. The Morgan fingerprint density at radius 3 is 2.85 bits per heavy atom. The molecule has 142 valence electrons. The molecule has 1 N–H and O–H groups in total. The number of aryl methyl sites for hydroxylation is 1. The van der Waals surface area contributed by atoms with Gasteiger partial charge < -0.3 is 14.8 Å². The smallest absolute Gasteiger partial charge is 0.119 e. The quantitative estimate of drug-likeness (QED) is 0.723. The van der Waals surface area contributed by atoms with Gasteiger partial charge in [-0.25, -0.2) is 0 Å². The summed E-state index contributed by atoms with van der Waals surface area (Å²) in [5.74, 6) is 0.956. The van der Waals surface area contributed by atoms with E-state index in [0.29, 0.717) is 6.04 Å². The van der Waals surface area contributed by atoms with Gasteiger partial charge in [0, 0.05) is 43.8 Å². The predicted octanol–water partition coefficient (Wildman–Crippen LogP) is 3.84. The van der Waals surface area contributed by atoms with E-state index in [2.05, 4.69) is 53.8 Å². The number of likely N-dealkylation sites (N-methyl/N-ethyl adjacent to an activating group) is 1. The second-order valence-electron chi connectivity index (χ2n) is 6.95. The molecule has 1 fully saturated rings. The van der Waals surface area contributed by atoms with Crippen LogP contribution in [0.1, 0.15) is 28.8 Å². The van der Waals surface area contributed by atoms with E-state index in [1.165, 1.54) is 16.0 Å². The maximum absolute atomic E-state index is 5.98. The van der Waals surface area contributed by atoms with E-state index in [4.69, 9.17) is 9.47 Å². The second-order valence-corrected chi connectivity index (χ2v) is 7.95. The summed E-state index contributed by atoms with van der Waals surface area (Å²) in [5.41, 5.74) is 2.63. The molecule has 26 heavy (non-hydrogen) atoms. The van der Waals surface area contributed by atoms with Gasteiger partial charge in [-0.15, -0.1) is 11.3 Å². The lowest BCUT2D eigenvalue weighted by atomic mass is 10.1. The number of nitrogens with zero attached hydrogens (tertiary/aromatic N) is 1. The van der Waals surface area contributed by atoms with Crippen molar-refractivity contribution in [3.05, 3.63) is 51.7 Å². The minimum absolute atomic E-state index is 0.628. The van der Waals surface area contributed by atoms with Gasteiger partial charge in [-0.05, 0) is 61.5 Å². The first-order chi connectivity index (χ1) is 12.7. The average molecular weight is 375 g/mol. The number of ether oxygens (including phenoxy) is 2. The van der Waals surface area contributed by atoms with Gasteiger partial charge in [0.2, 0.25) is 0 Å². The molecular weight excluding hydrogens is 344 g/mol. The molecule has 5 heteroatoms. The van der Waals surface area contributed by atoms with Crippen LogP contribution >= 0.6 is 11.3 Å². The molecule has 0 amide bonds. The fraction of sp³-hybridized carbons (Fsp3) is 0.524. The minimum atomic E-state index is 0.628. The molecule has 0 unspecified atom stereocenters. The molecule has 1 aromatic heterocycles. The van der Waals surface area contributed by atoms with E-state index in [9.17, 15) is 0 Å². The van der Waals surface area contributed by atoms with Crippen molar-refractivity contribution in [1.29, 1.82) is 0 Å². The number of benzene rings is 1. The monoisotopic (exact) mass is 374 g/mol. The Labute approximate surface area is 161 Å². The molecule has 2 heterocycles. The molecule has 1 saturated heterocycles. The Balaban J connectivity index is 1.40. The zero-order chi connectivity index (χ0) is 18.2. The maximum Gasteiger partial charge on any atom is 0.119 e. The molecule has 1 aromatic carbocycles. The summed E-state index contributed by atoms with van der Waals surface area (Å²) in [6.45, 7) is 7.38. The topological polar surface area (TPSA) is 33.7 Å². The van der Waals surface area contributed by atoms with Gasteiger partial charge in [-0.1, -0.05) is 12.1 Å². The summed E-state index contributed by atoms with van der Waals surface area (Å²) in [5, 5.41) is 5.68. The largest absolute Gasteiger partial charge is 0.492 e. The van der Waals surface area contributed by atoms with Crippen molar-refractivity contribution in [3.8, 4) is 5.75 Å². The first-order valence-corrected chi connectivity index (χ1v) is 10.3. The Morgan fingerprint density at radius 2 is 2.08 bits per heavy atom. The number of rotatable bonds is 9. The number of hydrogen-bond donors (Lipinski definition) is 1. The number of hydrogen-bond acceptors (Lipinski definition) is 5. The second kappa shape index (κ2) is 10.1. The van der Waals surface area contributed by atoms with E-state index in [-0.39, 0.29) is 0 Å². The average Bonchev–Trinajstić information content (AvgIpc) is 3.08. The zero-order valence-corrected chi connectivity index (χ0v) is 16.7.